The minimum absolute atomic E-state index is 0.111. The molecule has 29 heavy (non-hydrogen) atoms. The van der Waals surface area contributed by atoms with Gasteiger partial charge in [0.1, 0.15) is 6.23 Å². The first-order chi connectivity index (χ1) is 13.9. The standard InChI is InChI=1S/C22H33NO5S/c1-4-6-7-9-12-18(3)28-21-17-19(22(24)27-5-2)15-16-23(21)29(25,26)20-13-10-8-11-14-20/h8,10-11,13-16,18-19,21H,4-7,9,12,17H2,1-3H3/t18-,19-,21-/m1/s1. The fraction of sp³-hybridized carbons (Fsp3) is 0.591. The lowest BCUT2D eigenvalue weighted by atomic mass is 10.0. The van der Waals surface area contributed by atoms with Crippen molar-refractivity contribution in [2.75, 3.05) is 6.61 Å². The van der Waals surface area contributed by atoms with E-state index in [0.29, 0.717) is 0 Å². The van der Waals surface area contributed by atoms with Crippen molar-refractivity contribution in [2.24, 2.45) is 5.92 Å². The summed E-state index contributed by atoms with van der Waals surface area (Å²) in [6.45, 7) is 6.16. The van der Waals surface area contributed by atoms with Crippen LogP contribution in [0.2, 0.25) is 0 Å². The van der Waals surface area contributed by atoms with Crippen LogP contribution in [-0.4, -0.2) is 37.6 Å². The van der Waals surface area contributed by atoms with Crippen LogP contribution in [0.15, 0.2) is 47.5 Å². The Morgan fingerprint density at radius 2 is 1.90 bits per heavy atom. The van der Waals surface area contributed by atoms with Gasteiger partial charge < -0.3 is 9.47 Å². The molecule has 2 rings (SSSR count). The molecule has 0 aromatic heterocycles. The second-order valence-corrected chi connectivity index (χ2v) is 9.18. The van der Waals surface area contributed by atoms with E-state index < -0.39 is 22.2 Å². The van der Waals surface area contributed by atoms with Gasteiger partial charge in [-0.25, -0.2) is 12.7 Å². The number of carbonyl (C=O) groups excluding carboxylic acids is 1. The highest BCUT2D eigenvalue weighted by molar-refractivity contribution is 7.89. The quantitative estimate of drug-likeness (QED) is 0.388. The Morgan fingerprint density at radius 3 is 2.55 bits per heavy atom. The predicted octanol–water partition coefficient (Wildman–Crippen LogP) is 4.48. The summed E-state index contributed by atoms with van der Waals surface area (Å²) < 4.78 is 38.8. The molecule has 0 aliphatic carbocycles. The van der Waals surface area contributed by atoms with E-state index in [9.17, 15) is 13.2 Å². The molecule has 1 aliphatic heterocycles. The van der Waals surface area contributed by atoms with Crippen LogP contribution < -0.4 is 0 Å². The van der Waals surface area contributed by atoms with Crippen LogP contribution in [0.1, 0.15) is 59.3 Å². The Labute approximate surface area is 174 Å². The maximum Gasteiger partial charge on any atom is 0.313 e. The third-order valence-corrected chi connectivity index (χ3v) is 6.75. The molecule has 0 fully saturated rings. The van der Waals surface area contributed by atoms with Crippen molar-refractivity contribution in [1.82, 2.24) is 4.31 Å². The number of unbranched alkanes of at least 4 members (excludes halogenated alkanes) is 3. The first kappa shape index (κ1) is 23.4. The van der Waals surface area contributed by atoms with Gasteiger partial charge in [-0.1, -0.05) is 56.9 Å². The maximum atomic E-state index is 13.2. The molecule has 0 radical (unpaired) electrons. The van der Waals surface area contributed by atoms with Gasteiger partial charge in [0.15, 0.2) is 0 Å². The molecule has 0 unspecified atom stereocenters. The van der Waals surface area contributed by atoms with E-state index in [1.54, 1.807) is 43.3 Å². The van der Waals surface area contributed by atoms with Gasteiger partial charge >= 0.3 is 5.97 Å². The summed E-state index contributed by atoms with van der Waals surface area (Å²) in [7, 11) is -3.78. The molecular weight excluding hydrogens is 390 g/mol. The Balaban J connectivity index is 2.19. The average molecular weight is 424 g/mol. The molecule has 1 aromatic rings. The monoisotopic (exact) mass is 423 g/mol. The Bertz CT molecular complexity index is 763. The number of benzene rings is 1. The molecule has 0 N–H and O–H groups in total. The van der Waals surface area contributed by atoms with E-state index in [2.05, 4.69) is 6.92 Å². The van der Waals surface area contributed by atoms with Crippen LogP contribution in [0, 0.1) is 5.92 Å². The van der Waals surface area contributed by atoms with Crippen LogP contribution >= 0.6 is 0 Å². The van der Waals surface area contributed by atoms with E-state index in [1.165, 1.54) is 16.9 Å². The van der Waals surface area contributed by atoms with Crippen molar-refractivity contribution in [2.45, 2.75) is 76.5 Å². The highest BCUT2D eigenvalue weighted by Gasteiger charge is 2.37. The van der Waals surface area contributed by atoms with Crippen LogP contribution in [0.25, 0.3) is 0 Å². The fourth-order valence-electron chi connectivity index (χ4n) is 3.37. The number of rotatable bonds is 11. The van der Waals surface area contributed by atoms with Crippen molar-refractivity contribution >= 4 is 16.0 Å². The van der Waals surface area contributed by atoms with Crippen LogP contribution in [-0.2, 0) is 24.3 Å². The molecule has 0 amide bonds. The minimum atomic E-state index is -3.78. The average Bonchev–Trinajstić information content (AvgIpc) is 2.72. The summed E-state index contributed by atoms with van der Waals surface area (Å²) in [5, 5.41) is 0. The summed E-state index contributed by atoms with van der Waals surface area (Å²) in [4.78, 5) is 12.4. The van der Waals surface area contributed by atoms with Gasteiger partial charge in [-0.2, -0.15) is 0 Å². The summed E-state index contributed by atoms with van der Waals surface area (Å²) in [6, 6.07) is 8.27. The van der Waals surface area contributed by atoms with Gasteiger partial charge in [0.05, 0.1) is 23.5 Å². The number of hydrogen-bond donors (Lipinski definition) is 0. The lowest BCUT2D eigenvalue weighted by Crippen LogP contribution is -2.44. The smallest absolute Gasteiger partial charge is 0.313 e. The van der Waals surface area contributed by atoms with Crippen LogP contribution in [0.4, 0.5) is 0 Å². The SMILES string of the molecule is CCCCCC[C@@H](C)O[C@@H]1C[C@H](C(=O)OCC)C=CN1S(=O)(=O)c1ccccc1. The minimum Gasteiger partial charge on any atom is -0.466 e. The third-order valence-electron chi connectivity index (χ3n) is 4.97. The molecule has 6 nitrogen and oxygen atoms in total. The van der Waals surface area contributed by atoms with E-state index in [-0.39, 0.29) is 30.0 Å². The Hall–Kier alpha value is -1.86. The van der Waals surface area contributed by atoms with Crippen LogP contribution in [0.3, 0.4) is 0 Å². The molecule has 1 aliphatic rings. The van der Waals surface area contributed by atoms with Crippen molar-refractivity contribution in [3.8, 4) is 0 Å². The third kappa shape index (κ3) is 6.57. The van der Waals surface area contributed by atoms with E-state index in [1.807, 2.05) is 6.92 Å². The normalized spacial score (nSPS) is 20.4. The Kier molecular flexibility index (Phi) is 9.17. The summed E-state index contributed by atoms with van der Waals surface area (Å²) in [6.07, 6.45) is 7.76. The van der Waals surface area contributed by atoms with E-state index in [0.717, 1.165) is 25.7 Å². The number of nitrogens with zero attached hydrogens (tertiary/aromatic N) is 1. The highest BCUT2D eigenvalue weighted by atomic mass is 32.2. The number of hydrogen-bond acceptors (Lipinski definition) is 5. The van der Waals surface area contributed by atoms with Crippen molar-refractivity contribution < 1.29 is 22.7 Å². The molecule has 1 aromatic carbocycles. The molecule has 162 valence electrons. The summed E-state index contributed by atoms with van der Waals surface area (Å²) >= 11 is 0. The molecule has 7 heteroatoms. The van der Waals surface area contributed by atoms with Gasteiger partial charge in [0, 0.05) is 12.6 Å². The van der Waals surface area contributed by atoms with E-state index >= 15 is 0 Å². The lowest BCUT2D eigenvalue weighted by molar-refractivity contribution is -0.150. The molecular formula is C22H33NO5S. The molecule has 0 saturated carbocycles. The van der Waals surface area contributed by atoms with Crippen molar-refractivity contribution in [1.29, 1.82) is 0 Å². The van der Waals surface area contributed by atoms with Gasteiger partial charge in [0.25, 0.3) is 10.0 Å². The highest BCUT2D eigenvalue weighted by Crippen LogP contribution is 2.29. The summed E-state index contributed by atoms with van der Waals surface area (Å²) in [5.74, 6) is -0.876. The van der Waals surface area contributed by atoms with Crippen molar-refractivity contribution in [3.63, 3.8) is 0 Å². The summed E-state index contributed by atoms with van der Waals surface area (Å²) in [5.41, 5.74) is 0. The molecule has 0 spiro atoms. The topological polar surface area (TPSA) is 72.9 Å². The van der Waals surface area contributed by atoms with Gasteiger partial charge in [-0.15, -0.1) is 0 Å². The number of ether oxygens (including phenoxy) is 2. The van der Waals surface area contributed by atoms with Gasteiger partial charge in [0.2, 0.25) is 0 Å². The number of carbonyl (C=O) groups is 1. The second-order valence-electron chi connectivity index (χ2n) is 7.33. The zero-order chi connectivity index (χ0) is 21.3. The van der Waals surface area contributed by atoms with Crippen LogP contribution in [0.5, 0.6) is 0 Å². The first-order valence-corrected chi connectivity index (χ1v) is 11.9. The molecule has 0 bridgehead atoms. The van der Waals surface area contributed by atoms with E-state index in [4.69, 9.17) is 9.47 Å². The Morgan fingerprint density at radius 1 is 1.17 bits per heavy atom. The van der Waals surface area contributed by atoms with Crippen molar-refractivity contribution in [3.05, 3.63) is 42.6 Å². The lowest BCUT2D eigenvalue weighted by Gasteiger charge is -2.36. The van der Waals surface area contributed by atoms with Gasteiger partial charge in [-0.3, -0.25) is 4.79 Å². The maximum absolute atomic E-state index is 13.2. The zero-order valence-corrected chi connectivity index (χ0v) is 18.4. The molecule has 1 heterocycles. The predicted molar refractivity (Wildman–Crippen MR) is 112 cm³/mol. The number of sulfonamides is 1. The first-order valence-electron chi connectivity index (χ1n) is 10.5. The second kappa shape index (κ2) is 11.4. The number of esters is 1. The van der Waals surface area contributed by atoms with Gasteiger partial charge in [-0.05, 0) is 32.4 Å². The zero-order valence-electron chi connectivity index (χ0n) is 17.6. The molecule has 0 saturated heterocycles. The molecule has 3 atom stereocenters. The fourth-order valence-corrected chi connectivity index (χ4v) is 4.79. The largest absolute Gasteiger partial charge is 0.466 e.